The van der Waals surface area contributed by atoms with Crippen LogP contribution in [0.25, 0.3) is 10.9 Å². The lowest BCUT2D eigenvalue weighted by Crippen LogP contribution is -2.59. The van der Waals surface area contributed by atoms with Gasteiger partial charge in [-0.05, 0) is 61.9 Å². The molecule has 268 valence electrons. The number of fused-ring (bicyclic) bond motifs is 1. The second kappa shape index (κ2) is 16.9. The Hall–Kier alpha value is -5.27. The molecule has 0 unspecified atom stereocenters. The van der Waals surface area contributed by atoms with Gasteiger partial charge >= 0.3 is 0 Å². The zero-order chi connectivity index (χ0) is 36.5. The maximum absolute atomic E-state index is 14.0. The molecular weight excluding hydrogens is 645 g/mol. The molecule has 0 radical (unpaired) electrons. The summed E-state index contributed by atoms with van der Waals surface area (Å²) in [5.74, 6) is -4.14. The summed E-state index contributed by atoms with van der Waals surface area (Å²) in [5.41, 5.74) is 2.73. The minimum atomic E-state index is -1.08. The van der Waals surface area contributed by atoms with Gasteiger partial charge in [-0.15, -0.1) is 0 Å². The molecule has 1 fully saturated rings. The lowest BCUT2D eigenvalue weighted by molar-refractivity contribution is -0.139. The highest BCUT2D eigenvalue weighted by atomic mass is 19.1. The van der Waals surface area contributed by atoms with Gasteiger partial charge in [0.05, 0.1) is 13.0 Å². The second-order valence-corrected chi connectivity index (χ2v) is 13.1. The van der Waals surface area contributed by atoms with Crippen molar-refractivity contribution in [1.29, 1.82) is 0 Å². The molecule has 1 aliphatic rings. The molecule has 3 aromatic rings. The number of nitrogens with one attached hydrogen (secondary N) is 6. The van der Waals surface area contributed by atoms with Crippen LogP contribution in [0.2, 0.25) is 0 Å². The molecule has 50 heavy (non-hydrogen) atoms. The maximum atomic E-state index is 14.0. The Kier molecular flexibility index (Phi) is 12.7. The van der Waals surface area contributed by atoms with Crippen LogP contribution < -0.4 is 26.6 Å². The second-order valence-electron chi connectivity index (χ2n) is 13.1. The topological polar surface area (TPSA) is 182 Å². The van der Waals surface area contributed by atoms with Crippen molar-refractivity contribution in [1.82, 2.24) is 36.5 Å². The number of aromatic amines is 1. The molecule has 6 amide bonds. The molecular formula is C36H46FN7O6. The van der Waals surface area contributed by atoms with Crippen LogP contribution in [0.4, 0.5) is 4.39 Å². The average molecular weight is 692 g/mol. The van der Waals surface area contributed by atoms with E-state index in [1.54, 1.807) is 26.8 Å². The van der Waals surface area contributed by atoms with Crippen LogP contribution in [0.3, 0.4) is 0 Å². The fourth-order valence-electron chi connectivity index (χ4n) is 5.91. The first-order chi connectivity index (χ1) is 23.7. The zero-order valence-corrected chi connectivity index (χ0v) is 29.0. The number of amides is 6. The van der Waals surface area contributed by atoms with Crippen molar-refractivity contribution >= 4 is 46.3 Å². The number of aryl methyl sites for hydroxylation is 1. The molecule has 0 saturated carbocycles. The van der Waals surface area contributed by atoms with Gasteiger partial charge in [0.1, 0.15) is 30.0 Å². The highest BCUT2D eigenvalue weighted by Gasteiger charge is 2.32. The SMILES string of the molecule is Cc1[nH]c2ccc(F)cc2c1CC(=O)N[C@H]1CCCNC(=O)CN(C)C(=O)[C@H](Cc2ccccc2)NC(=O)[C@@H](C)NC(=O)[C@@H](C(C)C)NC1=O. The van der Waals surface area contributed by atoms with Gasteiger partial charge in [-0.1, -0.05) is 44.2 Å². The zero-order valence-electron chi connectivity index (χ0n) is 29.0. The number of carbonyl (C=O) groups is 6. The van der Waals surface area contributed by atoms with E-state index in [-0.39, 0.29) is 38.8 Å². The van der Waals surface area contributed by atoms with Gasteiger partial charge in [-0.2, -0.15) is 0 Å². The van der Waals surface area contributed by atoms with E-state index in [2.05, 4.69) is 31.6 Å². The number of rotatable bonds is 6. The summed E-state index contributed by atoms with van der Waals surface area (Å²) >= 11 is 0. The van der Waals surface area contributed by atoms with Crippen LogP contribution in [0.1, 0.15) is 50.4 Å². The summed E-state index contributed by atoms with van der Waals surface area (Å²) in [7, 11) is 1.46. The normalized spacial score (nSPS) is 21.9. The minimum Gasteiger partial charge on any atom is -0.358 e. The third-order valence-electron chi connectivity index (χ3n) is 8.72. The highest BCUT2D eigenvalue weighted by molar-refractivity contribution is 5.97. The van der Waals surface area contributed by atoms with E-state index in [1.165, 1.54) is 31.0 Å². The van der Waals surface area contributed by atoms with Gasteiger partial charge in [0.15, 0.2) is 0 Å². The number of hydrogen-bond acceptors (Lipinski definition) is 6. The van der Waals surface area contributed by atoms with Crippen molar-refractivity contribution in [2.75, 3.05) is 20.1 Å². The molecule has 4 atom stereocenters. The number of benzene rings is 2. The monoisotopic (exact) mass is 691 g/mol. The van der Waals surface area contributed by atoms with Crippen LogP contribution in [0.15, 0.2) is 48.5 Å². The molecule has 14 heteroatoms. The number of aromatic nitrogens is 1. The van der Waals surface area contributed by atoms with Gasteiger partial charge in [0, 0.05) is 36.6 Å². The largest absolute Gasteiger partial charge is 0.358 e. The predicted molar refractivity (Wildman–Crippen MR) is 185 cm³/mol. The summed E-state index contributed by atoms with van der Waals surface area (Å²) in [6, 6.07) is 9.09. The van der Waals surface area contributed by atoms with Crippen molar-refractivity contribution in [3.8, 4) is 0 Å². The summed E-state index contributed by atoms with van der Waals surface area (Å²) in [6.45, 7) is 6.55. The van der Waals surface area contributed by atoms with Crippen LogP contribution in [-0.4, -0.2) is 89.6 Å². The van der Waals surface area contributed by atoms with E-state index in [9.17, 15) is 33.2 Å². The Morgan fingerprint density at radius 1 is 0.980 bits per heavy atom. The quantitative estimate of drug-likeness (QED) is 0.227. The van der Waals surface area contributed by atoms with Crippen LogP contribution in [0, 0.1) is 18.7 Å². The number of halogens is 1. The van der Waals surface area contributed by atoms with Crippen molar-refractivity contribution in [2.45, 2.75) is 77.5 Å². The third kappa shape index (κ3) is 9.89. The van der Waals surface area contributed by atoms with E-state index in [4.69, 9.17) is 0 Å². The fourth-order valence-corrected chi connectivity index (χ4v) is 5.91. The summed E-state index contributed by atoms with van der Waals surface area (Å²) in [4.78, 5) is 84.4. The molecule has 6 N–H and O–H groups in total. The van der Waals surface area contributed by atoms with Crippen molar-refractivity contribution in [3.05, 3.63) is 71.2 Å². The van der Waals surface area contributed by atoms with Gasteiger partial charge < -0.3 is 36.5 Å². The van der Waals surface area contributed by atoms with Crippen LogP contribution in [-0.2, 0) is 41.6 Å². The smallest absolute Gasteiger partial charge is 0.245 e. The van der Waals surface area contributed by atoms with Gasteiger partial charge in [-0.25, -0.2) is 4.39 Å². The first-order valence-corrected chi connectivity index (χ1v) is 16.8. The van der Waals surface area contributed by atoms with Crippen molar-refractivity contribution in [2.24, 2.45) is 5.92 Å². The minimum absolute atomic E-state index is 0.110. The van der Waals surface area contributed by atoms with E-state index in [0.717, 1.165) is 5.56 Å². The van der Waals surface area contributed by atoms with Crippen LogP contribution in [0.5, 0.6) is 0 Å². The summed E-state index contributed by atoms with van der Waals surface area (Å²) in [5, 5.41) is 14.1. The predicted octanol–water partition coefficient (Wildman–Crippen LogP) is 1.38. The summed E-state index contributed by atoms with van der Waals surface area (Å²) in [6.07, 6.45) is 0.411. The third-order valence-corrected chi connectivity index (χ3v) is 8.72. The Morgan fingerprint density at radius 3 is 2.40 bits per heavy atom. The van der Waals surface area contributed by atoms with E-state index in [0.29, 0.717) is 22.2 Å². The molecule has 1 aromatic heterocycles. The fraction of sp³-hybridized carbons (Fsp3) is 0.444. The highest BCUT2D eigenvalue weighted by Crippen LogP contribution is 2.23. The van der Waals surface area contributed by atoms with E-state index < -0.39 is 71.3 Å². The Morgan fingerprint density at radius 2 is 1.70 bits per heavy atom. The van der Waals surface area contributed by atoms with Crippen molar-refractivity contribution in [3.63, 3.8) is 0 Å². The van der Waals surface area contributed by atoms with E-state index >= 15 is 0 Å². The van der Waals surface area contributed by atoms with Gasteiger partial charge in [0.2, 0.25) is 35.4 Å². The Labute approximate surface area is 290 Å². The lowest BCUT2D eigenvalue weighted by atomic mass is 10.0. The molecule has 13 nitrogen and oxygen atoms in total. The van der Waals surface area contributed by atoms with E-state index in [1.807, 2.05) is 30.3 Å². The molecule has 2 heterocycles. The molecule has 0 aliphatic carbocycles. The molecule has 2 aromatic carbocycles. The standard InChI is InChI=1S/C36H46FN7O6/c1-20(2)32-35(49)40-22(4)33(47)42-29(16-23-10-7-6-8-11-23)36(50)44(5)19-31(46)38-15-9-12-28(34(48)43-32)41-30(45)18-25-21(3)39-27-14-13-24(37)17-26(25)27/h6-8,10-11,13-14,17,20,22,28-29,32,39H,9,12,15-16,18-19H2,1-5H3,(H,38,46)(H,40,49)(H,41,45)(H,42,47)(H,43,48)/t22-,28+,29+,32-/m1/s1. The first-order valence-electron chi connectivity index (χ1n) is 16.8. The average Bonchev–Trinajstić information content (AvgIpc) is 3.37. The first kappa shape index (κ1) is 37.5. The molecule has 4 rings (SSSR count). The van der Waals surface area contributed by atoms with Gasteiger partial charge in [-0.3, -0.25) is 28.8 Å². The molecule has 0 spiro atoms. The number of H-pyrrole nitrogens is 1. The Bertz CT molecular complexity index is 1730. The number of nitrogens with zero attached hydrogens (tertiary/aromatic N) is 1. The number of likely N-dealkylation sites (N-methyl/N-ethyl adjacent to an activating group) is 1. The Balaban J connectivity index is 1.54. The molecule has 1 saturated heterocycles. The van der Waals surface area contributed by atoms with Gasteiger partial charge in [0.25, 0.3) is 0 Å². The van der Waals surface area contributed by atoms with Crippen molar-refractivity contribution < 1.29 is 33.2 Å². The lowest BCUT2D eigenvalue weighted by Gasteiger charge is -2.28. The van der Waals surface area contributed by atoms with Crippen LogP contribution >= 0.6 is 0 Å². The number of carbonyl (C=O) groups excluding carboxylic acids is 6. The molecule has 1 aliphatic heterocycles. The molecule has 0 bridgehead atoms. The maximum Gasteiger partial charge on any atom is 0.245 e. The summed E-state index contributed by atoms with van der Waals surface area (Å²) < 4.78 is 14.0. The number of hydrogen-bond donors (Lipinski definition) is 6.